The van der Waals surface area contributed by atoms with Crippen LogP contribution in [0.1, 0.15) is 19.3 Å². The molecule has 2 fully saturated rings. The Morgan fingerprint density at radius 2 is 2.27 bits per heavy atom. The number of ether oxygens (including phenoxy) is 1. The second kappa shape index (κ2) is 3.44. The lowest BCUT2D eigenvalue weighted by Gasteiger charge is -2.29. The van der Waals surface area contributed by atoms with Gasteiger partial charge in [0, 0.05) is 24.3 Å². The third-order valence-corrected chi connectivity index (χ3v) is 3.79. The molecule has 2 heteroatoms. The van der Waals surface area contributed by atoms with Crippen LogP contribution in [0.15, 0.2) is 24.3 Å². The van der Waals surface area contributed by atoms with Gasteiger partial charge in [-0.1, -0.05) is 6.07 Å². The first-order valence-electron chi connectivity index (χ1n) is 5.77. The molecule has 0 radical (unpaired) electrons. The van der Waals surface area contributed by atoms with Gasteiger partial charge in [0.2, 0.25) is 0 Å². The number of anilines is 1. The van der Waals surface area contributed by atoms with Crippen LogP contribution in [0.5, 0.6) is 5.75 Å². The molecule has 1 aliphatic heterocycles. The predicted octanol–water partition coefficient (Wildman–Crippen LogP) is 2.68. The number of rotatable bonds is 2. The van der Waals surface area contributed by atoms with Gasteiger partial charge in [0.1, 0.15) is 5.75 Å². The quantitative estimate of drug-likeness (QED) is 0.732. The highest BCUT2D eigenvalue weighted by Gasteiger charge is 2.37. The topological polar surface area (TPSA) is 12.5 Å². The second-order valence-electron chi connectivity index (χ2n) is 4.69. The van der Waals surface area contributed by atoms with Gasteiger partial charge < -0.3 is 9.64 Å². The summed E-state index contributed by atoms with van der Waals surface area (Å²) in [5, 5.41) is 0. The number of fused-ring (bicyclic) bond motifs is 2. The first-order valence-corrected chi connectivity index (χ1v) is 5.77. The molecule has 80 valence electrons. The molecule has 0 amide bonds. The summed E-state index contributed by atoms with van der Waals surface area (Å²) >= 11 is 0. The van der Waals surface area contributed by atoms with Crippen molar-refractivity contribution in [3.05, 3.63) is 24.3 Å². The van der Waals surface area contributed by atoms with Crippen molar-refractivity contribution in [1.29, 1.82) is 0 Å². The Hall–Kier alpha value is -1.18. The van der Waals surface area contributed by atoms with Crippen LogP contribution < -0.4 is 9.64 Å². The highest BCUT2D eigenvalue weighted by Crippen LogP contribution is 2.40. The van der Waals surface area contributed by atoms with Crippen molar-refractivity contribution >= 4 is 5.69 Å². The molecule has 0 N–H and O–H groups in total. The van der Waals surface area contributed by atoms with Crippen LogP contribution in [0.4, 0.5) is 5.69 Å². The normalized spacial score (nSPS) is 28.5. The maximum Gasteiger partial charge on any atom is 0.120 e. The Bertz CT molecular complexity index is 363. The van der Waals surface area contributed by atoms with Crippen molar-refractivity contribution in [2.75, 3.05) is 18.6 Å². The van der Waals surface area contributed by atoms with Gasteiger partial charge in [-0.05, 0) is 37.3 Å². The molecule has 1 heterocycles. The van der Waals surface area contributed by atoms with Gasteiger partial charge in [0.05, 0.1) is 7.11 Å². The first kappa shape index (κ1) is 9.08. The summed E-state index contributed by atoms with van der Waals surface area (Å²) < 4.78 is 5.27. The fraction of sp³-hybridized carbons (Fsp3) is 0.538. The van der Waals surface area contributed by atoms with Crippen LogP contribution in [0.2, 0.25) is 0 Å². The van der Waals surface area contributed by atoms with E-state index in [1.165, 1.54) is 31.5 Å². The lowest BCUT2D eigenvalue weighted by Crippen LogP contribution is -2.31. The molecule has 1 saturated carbocycles. The average molecular weight is 203 g/mol. The molecule has 2 bridgehead atoms. The molecule has 0 spiro atoms. The Morgan fingerprint density at radius 1 is 1.33 bits per heavy atom. The van der Waals surface area contributed by atoms with E-state index in [9.17, 15) is 0 Å². The van der Waals surface area contributed by atoms with E-state index in [1.807, 2.05) is 6.07 Å². The van der Waals surface area contributed by atoms with E-state index in [1.54, 1.807) is 7.11 Å². The van der Waals surface area contributed by atoms with E-state index in [0.29, 0.717) is 0 Å². The highest BCUT2D eigenvalue weighted by molar-refractivity contribution is 5.53. The summed E-state index contributed by atoms with van der Waals surface area (Å²) in [6, 6.07) is 9.24. The molecule has 3 rings (SSSR count). The van der Waals surface area contributed by atoms with Crippen molar-refractivity contribution in [1.82, 2.24) is 0 Å². The molecule has 1 aliphatic carbocycles. The number of methoxy groups -OCH3 is 1. The molecule has 2 unspecified atom stereocenters. The van der Waals surface area contributed by atoms with Gasteiger partial charge >= 0.3 is 0 Å². The maximum atomic E-state index is 5.27. The standard InChI is InChI=1S/C13H17NO/c1-15-13-4-2-3-11(8-13)14-9-10-5-6-12(14)7-10/h2-4,8,10,12H,5-7,9H2,1H3. The van der Waals surface area contributed by atoms with Crippen LogP contribution >= 0.6 is 0 Å². The van der Waals surface area contributed by atoms with Crippen molar-refractivity contribution in [2.24, 2.45) is 5.92 Å². The monoisotopic (exact) mass is 203 g/mol. The zero-order valence-corrected chi connectivity index (χ0v) is 9.15. The summed E-state index contributed by atoms with van der Waals surface area (Å²) in [6.45, 7) is 1.25. The second-order valence-corrected chi connectivity index (χ2v) is 4.69. The van der Waals surface area contributed by atoms with Gasteiger partial charge in [-0.3, -0.25) is 0 Å². The third kappa shape index (κ3) is 1.48. The van der Waals surface area contributed by atoms with E-state index in [4.69, 9.17) is 4.74 Å². The number of benzene rings is 1. The summed E-state index contributed by atoms with van der Waals surface area (Å²) in [5.41, 5.74) is 1.33. The SMILES string of the molecule is COc1cccc(N2CC3CCC2C3)c1. The zero-order chi connectivity index (χ0) is 10.3. The summed E-state index contributed by atoms with van der Waals surface area (Å²) in [6.07, 6.45) is 4.21. The van der Waals surface area contributed by atoms with E-state index in [0.717, 1.165) is 17.7 Å². The molecule has 1 aromatic carbocycles. The molecule has 2 aliphatic rings. The third-order valence-electron chi connectivity index (χ3n) is 3.79. The van der Waals surface area contributed by atoms with Crippen LogP contribution in [-0.2, 0) is 0 Å². The van der Waals surface area contributed by atoms with Crippen LogP contribution in [0, 0.1) is 5.92 Å². The Labute approximate surface area is 90.8 Å². The number of piperidine rings is 1. The van der Waals surface area contributed by atoms with Gasteiger partial charge in [-0.2, -0.15) is 0 Å². The van der Waals surface area contributed by atoms with Crippen molar-refractivity contribution in [2.45, 2.75) is 25.3 Å². The zero-order valence-electron chi connectivity index (χ0n) is 9.15. The van der Waals surface area contributed by atoms with E-state index >= 15 is 0 Å². The largest absolute Gasteiger partial charge is 0.497 e. The molecule has 1 aromatic rings. The van der Waals surface area contributed by atoms with Crippen molar-refractivity contribution in [3.8, 4) is 5.75 Å². The highest BCUT2D eigenvalue weighted by atomic mass is 16.5. The minimum Gasteiger partial charge on any atom is -0.497 e. The number of nitrogens with zero attached hydrogens (tertiary/aromatic N) is 1. The van der Waals surface area contributed by atoms with Gasteiger partial charge in [-0.15, -0.1) is 0 Å². The van der Waals surface area contributed by atoms with Gasteiger partial charge in [0.15, 0.2) is 0 Å². The van der Waals surface area contributed by atoms with E-state index in [2.05, 4.69) is 23.1 Å². The molecule has 2 atom stereocenters. The molecule has 2 nitrogen and oxygen atoms in total. The Morgan fingerprint density at radius 3 is 2.93 bits per heavy atom. The maximum absolute atomic E-state index is 5.27. The lowest BCUT2D eigenvalue weighted by atomic mass is 10.1. The van der Waals surface area contributed by atoms with Crippen LogP contribution in [0.25, 0.3) is 0 Å². The summed E-state index contributed by atoms with van der Waals surface area (Å²) in [5.74, 6) is 1.91. The van der Waals surface area contributed by atoms with Gasteiger partial charge in [-0.25, -0.2) is 0 Å². The van der Waals surface area contributed by atoms with E-state index < -0.39 is 0 Å². The van der Waals surface area contributed by atoms with Crippen molar-refractivity contribution in [3.63, 3.8) is 0 Å². The lowest BCUT2D eigenvalue weighted by molar-refractivity contribution is 0.414. The number of hydrogen-bond acceptors (Lipinski definition) is 2. The fourth-order valence-corrected chi connectivity index (χ4v) is 3.03. The average Bonchev–Trinajstić information content (AvgIpc) is 2.91. The van der Waals surface area contributed by atoms with E-state index in [-0.39, 0.29) is 0 Å². The Balaban J connectivity index is 1.86. The van der Waals surface area contributed by atoms with Gasteiger partial charge in [0.25, 0.3) is 0 Å². The summed E-state index contributed by atoms with van der Waals surface area (Å²) in [7, 11) is 1.73. The minimum absolute atomic E-state index is 0.794. The predicted molar refractivity (Wildman–Crippen MR) is 61.5 cm³/mol. The molecule has 1 saturated heterocycles. The number of hydrogen-bond donors (Lipinski definition) is 0. The smallest absolute Gasteiger partial charge is 0.120 e. The molecular formula is C13H17NO. The minimum atomic E-state index is 0.794. The molecule has 15 heavy (non-hydrogen) atoms. The summed E-state index contributed by atoms with van der Waals surface area (Å²) in [4.78, 5) is 2.55. The molecule has 0 aromatic heterocycles. The Kier molecular flexibility index (Phi) is 2.08. The molecular weight excluding hydrogens is 186 g/mol. The van der Waals surface area contributed by atoms with Crippen LogP contribution in [0.3, 0.4) is 0 Å². The van der Waals surface area contributed by atoms with Crippen molar-refractivity contribution < 1.29 is 4.74 Å². The first-order chi connectivity index (χ1) is 7.36. The fourth-order valence-electron chi connectivity index (χ4n) is 3.03. The van der Waals surface area contributed by atoms with Crippen LogP contribution in [-0.4, -0.2) is 19.7 Å².